The molecule has 0 aliphatic rings. The van der Waals surface area contributed by atoms with Gasteiger partial charge in [0.2, 0.25) is 0 Å². The van der Waals surface area contributed by atoms with E-state index in [0.717, 1.165) is 6.07 Å². The van der Waals surface area contributed by atoms with E-state index in [1.807, 2.05) is 0 Å². The van der Waals surface area contributed by atoms with Gasteiger partial charge in [-0.05, 0) is 41.1 Å². The molecule has 0 fully saturated rings. The normalized spacial score (nSPS) is 17.0. The van der Waals surface area contributed by atoms with Crippen molar-refractivity contribution in [2.45, 2.75) is 48.8 Å². The lowest BCUT2D eigenvalue weighted by Gasteiger charge is -2.39. The highest BCUT2D eigenvalue weighted by atomic mass is 127. The van der Waals surface area contributed by atoms with E-state index in [-0.39, 0.29) is 3.57 Å². The fourth-order valence-corrected chi connectivity index (χ4v) is 3.11. The Bertz CT molecular complexity index is 682. The van der Waals surface area contributed by atoms with Crippen molar-refractivity contribution in [1.82, 2.24) is 0 Å². The van der Waals surface area contributed by atoms with Crippen LogP contribution in [0.1, 0.15) is 18.9 Å². The number of hydrogen-bond donors (Lipinski definition) is 1. The Kier molecular flexibility index (Phi) is 6.16. The first-order chi connectivity index (χ1) is 11.7. The quantitative estimate of drug-likeness (QED) is 0.354. The summed E-state index contributed by atoms with van der Waals surface area (Å²) in [5.74, 6) is -28.2. The topological polar surface area (TPSA) is 20.2 Å². The third-order valence-corrected chi connectivity index (χ3v) is 4.57. The van der Waals surface area contributed by atoms with Crippen LogP contribution in [0.5, 0.6) is 0 Å². The minimum absolute atomic E-state index is 0.0339. The van der Waals surface area contributed by atoms with Crippen LogP contribution in [0, 0.1) is 3.57 Å². The van der Waals surface area contributed by atoms with Gasteiger partial charge in [0, 0.05) is 3.57 Å². The molecule has 0 aliphatic heterocycles. The van der Waals surface area contributed by atoms with Crippen molar-refractivity contribution in [1.29, 1.82) is 0 Å². The van der Waals surface area contributed by atoms with E-state index in [9.17, 15) is 53.4 Å². The smallest absolute Gasteiger partial charge is 0.385 e. The molecule has 0 saturated heterocycles. The number of benzene rings is 1. The minimum atomic E-state index is -7.48. The van der Waals surface area contributed by atoms with Gasteiger partial charge in [-0.3, -0.25) is 0 Å². The number of alkyl halides is 11. The Labute approximate surface area is 158 Å². The molecule has 0 aliphatic carbocycles. The van der Waals surface area contributed by atoms with Crippen LogP contribution >= 0.6 is 22.6 Å². The van der Waals surface area contributed by atoms with E-state index < -0.39 is 47.5 Å². The average molecular weight is 530 g/mol. The SMILES string of the molecule is CC(O)(CC(F)(F)C(F)(F)C(F)(F)C(F)(F)C(F)(F)F)c1ccccc1I. The van der Waals surface area contributed by atoms with Crippen LogP contribution < -0.4 is 0 Å². The van der Waals surface area contributed by atoms with E-state index in [1.165, 1.54) is 40.8 Å². The Balaban J connectivity index is 3.38. The molecule has 0 saturated carbocycles. The minimum Gasteiger partial charge on any atom is -0.385 e. The number of aliphatic hydroxyl groups is 1. The van der Waals surface area contributed by atoms with Gasteiger partial charge in [-0.25, -0.2) is 0 Å². The molecule has 1 N–H and O–H groups in total. The maximum absolute atomic E-state index is 13.8. The van der Waals surface area contributed by atoms with E-state index in [2.05, 4.69) is 0 Å². The third kappa shape index (κ3) is 3.98. The van der Waals surface area contributed by atoms with Gasteiger partial charge in [0.05, 0.1) is 12.0 Å². The first kappa shape index (κ1) is 24.2. The summed E-state index contributed by atoms with van der Waals surface area (Å²) in [5, 5.41) is 10.0. The van der Waals surface area contributed by atoms with Crippen molar-refractivity contribution in [2.24, 2.45) is 0 Å². The Morgan fingerprint density at radius 1 is 0.778 bits per heavy atom. The van der Waals surface area contributed by atoms with E-state index in [1.54, 1.807) is 0 Å². The molecular weight excluding hydrogens is 520 g/mol. The van der Waals surface area contributed by atoms with E-state index in [0.29, 0.717) is 6.92 Å². The number of hydrogen-bond acceptors (Lipinski definition) is 1. The predicted molar refractivity (Wildman–Crippen MR) is 79.2 cm³/mol. The summed E-state index contributed by atoms with van der Waals surface area (Å²) in [5.41, 5.74) is -3.39. The molecule has 0 radical (unpaired) electrons. The predicted octanol–water partition coefficient (Wildman–Crippen LogP) is 5.99. The van der Waals surface area contributed by atoms with Crippen LogP contribution in [0.2, 0.25) is 0 Å². The summed E-state index contributed by atoms with van der Waals surface area (Å²) in [6.07, 6.45) is -9.76. The average Bonchev–Trinajstić information content (AvgIpc) is 2.44. The van der Waals surface area contributed by atoms with Crippen molar-refractivity contribution in [2.75, 3.05) is 0 Å². The van der Waals surface area contributed by atoms with Crippen LogP contribution in [0.3, 0.4) is 0 Å². The van der Waals surface area contributed by atoms with Crippen molar-refractivity contribution in [3.63, 3.8) is 0 Å². The summed E-state index contributed by atoms with van der Waals surface area (Å²) in [7, 11) is 0. The summed E-state index contributed by atoms with van der Waals surface area (Å²) in [6.45, 7) is 0.508. The zero-order chi connectivity index (χ0) is 21.7. The maximum Gasteiger partial charge on any atom is 0.460 e. The monoisotopic (exact) mass is 530 g/mol. The fraction of sp³-hybridized carbons (Fsp3) is 0.571. The molecule has 0 aromatic heterocycles. The van der Waals surface area contributed by atoms with Crippen molar-refractivity contribution < 1.29 is 53.4 Å². The maximum atomic E-state index is 13.8. The van der Waals surface area contributed by atoms with Crippen molar-refractivity contribution in [3.05, 3.63) is 33.4 Å². The van der Waals surface area contributed by atoms with Gasteiger partial charge in [0.1, 0.15) is 0 Å². The summed E-state index contributed by atoms with van der Waals surface area (Å²) in [6, 6.07) is 4.73. The van der Waals surface area contributed by atoms with Crippen LogP contribution in [-0.4, -0.2) is 35.0 Å². The number of rotatable bonds is 6. The van der Waals surface area contributed by atoms with E-state index >= 15 is 0 Å². The first-order valence-electron chi connectivity index (χ1n) is 6.78. The molecule has 156 valence electrons. The molecular formula is C14H10F11IO. The van der Waals surface area contributed by atoms with Crippen LogP contribution in [0.25, 0.3) is 0 Å². The highest BCUT2D eigenvalue weighted by Crippen LogP contribution is 2.59. The van der Waals surface area contributed by atoms with Gasteiger partial charge in [0.25, 0.3) is 0 Å². The molecule has 1 aromatic carbocycles. The third-order valence-electron chi connectivity index (χ3n) is 3.62. The van der Waals surface area contributed by atoms with Gasteiger partial charge in [0.15, 0.2) is 0 Å². The summed E-state index contributed by atoms with van der Waals surface area (Å²) >= 11 is 1.49. The van der Waals surface area contributed by atoms with Crippen LogP contribution in [0.4, 0.5) is 48.3 Å². The standard InChI is InChI=1S/C14H10F11IO/c1-9(27,7-4-2-3-5-8(7)26)6-10(15,16)11(17,18)12(19,20)13(21,22)14(23,24)25/h2-5,27H,6H2,1H3. The molecule has 1 aromatic rings. The number of halogens is 12. The lowest BCUT2D eigenvalue weighted by molar-refractivity contribution is -0.424. The summed E-state index contributed by atoms with van der Waals surface area (Å²) in [4.78, 5) is 0. The van der Waals surface area contributed by atoms with E-state index in [4.69, 9.17) is 0 Å². The molecule has 0 amide bonds. The zero-order valence-corrected chi connectivity index (χ0v) is 15.2. The Morgan fingerprint density at radius 2 is 1.22 bits per heavy atom. The molecule has 0 heterocycles. The molecule has 1 nitrogen and oxygen atoms in total. The van der Waals surface area contributed by atoms with Gasteiger partial charge in [-0.15, -0.1) is 0 Å². The molecule has 1 rings (SSSR count). The van der Waals surface area contributed by atoms with Crippen LogP contribution in [-0.2, 0) is 5.60 Å². The van der Waals surface area contributed by atoms with Gasteiger partial charge in [-0.1, -0.05) is 18.2 Å². The first-order valence-corrected chi connectivity index (χ1v) is 7.85. The van der Waals surface area contributed by atoms with Crippen LogP contribution in [0.15, 0.2) is 24.3 Å². The molecule has 0 bridgehead atoms. The highest BCUT2D eigenvalue weighted by molar-refractivity contribution is 14.1. The van der Waals surface area contributed by atoms with Crippen molar-refractivity contribution in [3.8, 4) is 0 Å². The molecule has 0 spiro atoms. The molecule has 1 unspecified atom stereocenters. The lowest BCUT2D eigenvalue weighted by Crippen LogP contribution is -2.67. The van der Waals surface area contributed by atoms with Gasteiger partial charge >= 0.3 is 29.9 Å². The second-order valence-electron chi connectivity index (χ2n) is 5.86. The highest BCUT2D eigenvalue weighted by Gasteiger charge is 2.87. The van der Waals surface area contributed by atoms with Gasteiger partial charge in [-0.2, -0.15) is 48.3 Å². The second-order valence-corrected chi connectivity index (χ2v) is 7.02. The zero-order valence-electron chi connectivity index (χ0n) is 13.0. The van der Waals surface area contributed by atoms with Crippen molar-refractivity contribution >= 4 is 22.6 Å². The molecule has 13 heteroatoms. The van der Waals surface area contributed by atoms with Gasteiger partial charge < -0.3 is 5.11 Å². The second kappa shape index (κ2) is 6.88. The lowest BCUT2D eigenvalue weighted by atomic mass is 9.85. The summed E-state index contributed by atoms with van der Waals surface area (Å²) < 4.78 is 143. The fourth-order valence-electron chi connectivity index (χ4n) is 2.14. The largest absolute Gasteiger partial charge is 0.460 e. The molecule has 27 heavy (non-hydrogen) atoms. The molecule has 1 atom stereocenters. The Morgan fingerprint density at radius 3 is 1.63 bits per heavy atom. The Hall–Kier alpha value is -0.860.